The second-order valence-corrected chi connectivity index (χ2v) is 5.18. The van der Waals surface area contributed by atoms with Crippen LogP contribution in [0.15, 0.2) is 0 Å². The van der Waals surface area contributed by atoms with Crippen molar-refractivity contribution in [1.29, 1.82) is 5.26 Å². The summed E-state index contributed by atoms with van der Waals surface area (Å²) in [7, 11) is 2.16. The molecule has 1 aliphatic heterocycles. The molecule has 18 heavy (non-hydrogen) atoms. The Hall–Kier alpha value is -0.630. The third kappa shape index (κ3) is 4.24. The Morgan fingerprint density at radius 3 is 2.78 bits per heavy atom. The number of hydrogen-bond acceptors (Lipinski definition) is 4. The van der Waals surface area contributed by atoms with E-state index in [0.717, 1.165) is 52.0 Å². The van der Waals surface area contributed by atoms with Crippen LogP contribution in [0.2, 0.25) is 0 Å². The van der Waals surface area contributed by atoms with E-state index in [9.17, 15) is 5.26 Å². The van der Waals surface area contributed by atoms with Gasteiger partial charge in [0.1, 0.15) is 5.54 Å². The molecule has 104 valence electrons. The lowest BCUT2D eigenvalue weighted by molar-refractivity contribution is 0.156. The van der Waals surface area contributed by atoms with E-state index in [1.165, 1.54) is 0 Å². The molecule has 1 heterocycles. The summed E-state index contributed by atoms with van der Waals surface area (Å²) in [5.74, 6) is 0. The van der Waals surface area contributed by atoms with Crippen LogP contribution < -0.4 is 5.32 Å². The Morgan fingerprint density at radius 1 is 1.50 bits per heavy atom. The topological polar surface area (TPSA) is 48.3 Å². The van der Waals surface area contributed by atoms with Gasteiger partial charge in [-0.05, 0) is 45.8 Å². The first-order valence-electron chi connectivity index (χ1n) is 7.11. The Morgan fingerprint density at radius 2 is 2.28 bits per heavy atom. The number of nitrogens with one attached hydrogen (secondary N) is 1. The normalized spacial score (nSPS) is 22.9. The number of nitriles is 1. The van der Waals surface area contributed by atoms with Gasteiger partial charge in [-0.1, -0.05) is 13.8 Å². The maximum absolute atomic E-state index is 9.34. The lowest BCUT2D eigenvalue weighted by Crippen LogP contribution is -2.44. The van der Waals surface area contributed by atoms with E-state index in [1.807, 2.05) is 0 Å². The van der Waals surface area contributed by atoms with E-state index >= 15 is 0 Å². The van der Waals surface area contributed by atoms with Gasteiger partial charge in [-0.15, -0.1) is 0 Å². The largest absolute Gasteiger partial charge is 0.380 e. The van der Waals surface area contributed by atoms with Crippen LogP contribution in [0.25, 0.3) is 0 Å². The number of hydrogen-bond donors (Lipinski definition) is 1. The van der Waals surface area contributed by atoms with Gasteiger partial charge in [-0.2, -0.15) is 5.26 Å². The minimum atomic E-state index is -0.332. The summed E-state index contributed by atoms with van der Waals surface area (Å²) in [5, 5.41) is 12.7. The van der Waals surface area contributed by atoms with Crippen LogP contribution in [0, 0.1) is 11.3 Å². The smallest absolute Gasteiger partial charge is 0.106 e. The van der Waals surface area contributed by atoms with E-state index in [0.29, 0.717) is 6.04 Å². The molecule has 0 saturated carbocycles. The highest BCUT2D eigenvalue weighted by Crippen LogP contribution is 2.18. The van der Waals surface area contributed by atoms with Crippen LogP contribution in [-0.2, 0) is 4.74 Å². The van der Waals surface area contributed by atoms with Crippen LogP contribution >= 0.6 is 0 Å². The molecule has 0 aromatic carbocycles. The van der Waals surface area contributed by atoms with Gasteiger partial charge in [-0.25, -0.2) is 0 Å². The highest BCUT2D eigenvalue weighted by atomic mass is 16.5. The second kappa shape index (κ2) is 7.73. The predicted molar refractivity (Wildman–Crippen MR) is 73.4 cm³/mol. The standard InChI is InChI=1S/C14H27N3O/c1-4-14(12-15,16-5-2)8-6-9-17(3)13-7-10-18-11-13/h13,16H,4-11H2,1-3H3. The van der Waals surface area contributed by atoms with Crippen molar-refractivity contribution in [1.82, 2.24) is 10.2 Å². The van der Waals surface area contributed by atoms with Crippen molar-refractivity contribution in [2.75, 3.05) is 33.4 Å². The Labute approximate surface area is 111 Å². The maximum Gasteiger partial charge on any atom is 0.106 e. The van der Waals surface area contributed by atoms with Crippen molar-refractivity contribution in [2.45, 2.75) is 51.1 Å². The molecule has 0 aliphatic carbocycles. The van der Waals surface area contributed by atoms with Crippen molar-refractivity contribution in [2.24, 2.45) is 0 Å². The highest BCUT2D eigenvalue weighted by Gasteiger charge is 2.27. The van der Waals surface area contributed by atoms with Gasteiger partial charge in [0.05, 0.1) is 12.7 Å². The molecule has 4 heteroatoms. The molecule has 1 rings (SSSR count). The first-order valence-corrected chi connectivity index (χ1v) is 7.11. The fourth-order valence-corrected chi connectivity index (χ4v) is 2.59. The summed E-state index contributed by atoms with van der Waals surface area (Å²) < 4.78 is 5.40. The lowest BCUT2D eigenvalue weighted by atomic mass is 9.92. The van der Waals surface area contributed by atoms with Crippen molar-refractivity contribution in [3.8, 4) is 6.07 Å². The van der Waals surface area contributed by atoms with Crippen LogP contribution in [0.1, 0.15) is 39.5 Å². The van der Waals surface area contributed by atoms with Gasteiger partial charge in [-0.3, -0.25) is 5.32 Å². The molecule has 1 saturated heterocycles. The van der Waals surface area contributed by atoms with E-state index < -0.39 is 0 Å². The predicted octanol–water partition coefficient (Wildman–Crippen LogP) is 1.77. The Kier molecular flexibility index (Phi) is 6.62. The monoisotopic (exact) mass is 253 g/mol. The first-order chi connectivity index (χ1) is 8.67. The zero-order valence-electron chi connectivity index (χ0n) is 12.0. The molecule has 1 aliphatic rings. The number of rotatable bonds is 8. The van der Waals surface area contributed by atoms with Gasteiger partial charge in [0.25, 0.3) is 0 Å². The third-order valence-corrected chi connectivity index (χ3v) is 3.98. The summed E-state index contributed by atoms with van der Waals surface area (Å²) in [4.78, 5) is 2.37. The molecule has 2 atom stereocenters. The van der Waals surface area contributed by atoms with E-state index in [-0.39, 0.29) is 5.54 Å². The Bertz CT molecular complexity index is 271. The second-order valence-electron chi connectivity index (χ2n) is 5.18. The molecule has 0 radical (unpaired) electrons. The van der Waals surface area contributed by atoms with E-state index in [4.69, 9.17) is 4.74 Å². The van der Waals surface area contributed by atoms with Gasteiger partial charge < -0.3 is 9.64 Å². The average molecular weight is 253 g/mol. The molecule has 0 spiro atoms. The zero-order chi connectivity index (χ0) is 13.4. The molecule has 0 amide bonds. The molecule has 1 fully saturated rings. The molecular formula is C14H27N3O. The van der Waals surface area contributed by atoms with Gasteiger partial charge in [0.15, 0.2) is 0 Å². The van der Waals surface area contributed by atoms with Gasteiger partial charge >= 0.3 is 0 Å². The summed E-state index contributed by atoms with van der Waals surface area (Å²) in [5.41, 5.74) is -0.332. The van der Waals surface area contributed by atoms with Gasteiger partial charge in [0, 0.05) is 12.6 Å². The van der Waals surface area contributed by atoms with E-state index in [1.54, 1.807) is 0 Å². The Balaban J connectivity index is 2.32. The number of likely N-dealkylation sites (N-methyl/N-ethyl adjacent to an activating group) is 1. The first kappa shape index (κ1) is 15.4. The van der Waals surface area contributed by atoms with Crippen LogP contribution in [0.3, 0.4) is 0 Å². The van der Waals surface area contributed by atoms with Crippen molar-refractivity contribution >= 4 is 0 Å². The summed E-state index contributed by atoms with van der Waals surface area (Å²) in [6.07, 6.45) is 3.99. The minimum Gasteiger partial charge on any atom is -0.380 e. The minimum absolute atomic E-state index is 0.332. The maximum atomic E-state index is 9.34. The lowest BCUT2D eigenvalue weighted by Gasteiger charge is -2.28. The third-order valence-electron chi connectivity index (χ3n) is 3.98. The van der Waals surface area contributed by atoms with Gasteiger partial charge in [0.2, 0.25) is 0 Å². The zero-order valence-corrected chi connectivity index (χ0v) is 12.0. The van der Waals surface area contributed by atoms with Crippen LogP contribution in [0.5, 0.6) is 0 Å². The number of ether oxygens (including phenoxy) is 1. The average Bonchev–Trinajstić information content (AvgIpc) is 2.91. The summed E-state index contributed by atoms with van der Waals surface area (Å²) in [6, 6.07) is 3.03. The van der Waals surface area contributed by atoms with Crippen LogP contribution in [0.4, 0.5) is 0 Å². The van der Waals surface area contributed by atoms with Crippen molar-refractivity contribution in [3.63, 3.8) is 0 Å². The summed E-state index contributed by atoms with van der Waals surface area (Å²) in [6.45, 7) is 7.80. The van der Waals surface area contributed by atoms with Crippen molar-refractivity contribution in [3.05, 3.63) is 0 Å². The fraction of sp³-hybridized carbons (Fsp3) is 0.929. The number of nitrogens with zero attached hydrogens (tertiary/aromatic N) is 2. The molecule has 0 aromatic heterocycles. The quantitative estimate of drug-likeness (QED) is 0.716. The summed E-state index contributed by atoms with van der Waals surface area (Å²) >= 11 is 0. The fourth-order valence-electron chi connectivity index (χ4n) is 2.59. The molecule has 1 N–H and O–H groups in total. The molecule has 0 aromatic rings. The van der Waals surface area contributed by atoms with Crippen molar-refractivity contribution < 1.29 is 4.74 Å². The highest BCUT2D eigenvalue weighted by molar-refractivity contribution is 5.06. The SMILES string of the molecule is CCNC(C#N)(CC)CCCN(C)C1CCOC1. The molecule has 0 bridgehead atoms. The van der Waals surface area contributed by atoms with E-state index in [2.05, 4.69) is 37.2 Å². The molecule has 2 unspecified atom stereocenters. The molecule has 4 nitrogen and oxygen atoms in total. The van der Waals surface area contributed by atoms with Crippen LogP contribution in [-0.4, -0.2) is 49.8 Å². The molecular weight excluding hydrogens is 226 g/mol.